The average Bonchev–Trinajstić information content (AvgIpc) is 2.85. The van der Waals surface area contributed by atoms with E-state index in [9.17, 15) is 9.59 Å². The molecule has 0 bridgehead atoms. The number of amides is 2. The van der Waals surface area contributed by atoms with Gasteiger partial charge in [0, 0.05) is 26.1 Å². The molecule has 2 amide bonds. The fourth-order valence-corrected chi connectivity index (χ4v) is 2.23. The van der Waals surface area contributed by atoms with Gasteiger partial charge in [-0.1, -0.05) is 12.1 Å². The second-order valence-electron chi connectivity index (χ2n) is 4.85. The maximum atomic E-state index is 12.0. The van der Waals surface area contributed by atoms with Gasteiger partial charge in [-0.25, -0.2) is 0 Å². The van der Waals surface area contributed by atoms with E-state index in [1.165, 1.54) is 6.92 Å². The van der Waals surface area contributed by atoms with Crippen LogP contribution in [0.2, 0.25) is 0 Å². The van der Waals surface area contributed by atoms with E-state index < -0.39 is 0 Å². The number of hydrogen-bond donors (Lipinski definition) is 2. The van der Waals surface area contributed by atoms with Crippen molar-refractivity contribution in [2.75, 3.05) is 25.4 Å². The van der Waals surface area contributed by atoms with Crippen LogP contribution in [0.5, 0.6) is 5.75 Å². The number of benzene rings is 1. The van der Waals surface area contributed by atoms with Crippen LogP contribution in [-0.2, 0) is 9.59 Å². The smallest absolute Gasteiger partial charge is 0.260 e. The fourth-order valence-electron chi connectivity index (χ4n) is 2.23. The normalized spacial score (nSPS) is 17.9. The minimum atomic E-state index is -0.0962. The molecule has 1 aromatic carbocycles. The highest BCUT2D eigenvalue weighted by atomic mass is 16.5. The highest BCUT2D eigenvalue weighted by Gasteiger charge is 2.26. The Labute approximate surface area is 117 Å². The number of likely N-dealkylation sites (tertiary alicyclic amines) is 1. The van der Waals surface area contributed by atoms with Gasteiger partial charge >= 0.3 is 0 Å². The molecule has 1 fully saturated rings. The minimum Gasteiger partial charge on any atom is -0.482 e. The molecule has 2 rings (SSSR count). The number of anilines is 1. The van der Waals surface area contributed by atoms with E-state index >= 15 is 0 Å². The molecule has 1 atom stereocenters. The average molecular weight is 277 g/mol. The van der Waals surface area contributed by atoms with E-state index in [2.05, 4.69) is 5.32 Å². The molecule has 1 aliphatic heterocycles. The van der Waals surface area contributed by atoms with Crippen LogP contribution in [0.4, 0.5) is 5.69 Å². The number of nitrogens with two attached hydrogens (primary N) is 1. The second kappa shape index (κ2) is 6.27. The third-order valence-corrected chi connectivity index (χ3v) is 3.22. The lowest BCUT2D eigenvalue weighted by Gasteiger charge is -2.17. The number of para-hydroxylation sites is 2. The molecule has 20 heavy (non-hydrogen) atoms. The molecule has 1 aliphatic rings. The van der Waals surface area contributed by atoms with Crippen LogP contribution in [-0.4, -0.2) is 42.5 Å². The first kappa shape index (κ1) is 14.2. The zero-order chi connectivity index (χ0) is 14.5. The van der Waals surface area contributed by atoms with Gasteiger partial charge in [0.25, 0.3) is 5.91 Å². The largest absolute Gasteiger partial charge is 0.482 e. The summed E-state index contributed by atoms with van der Waals surface area (Å²) < 4.78 is 5.42. The number of hydrogen-bond acceptors (Lipinski definition) is 4. The minimum absolute atomic E-state index is 0.0400. The first-order valence-corrected chi connectivity index (χ1v) is 6.58. The lowest BCUT2D eigenvalue weighted by molar-refractivity contribution is -0.132. The van der Waals surface area contributed by atoms with Gasteiger partial charge in [0.05, 0.1) is 5.69 Å². The van der Waals surface area contributed by atoms with Gasteiger partial charge < -0.3 is 20.7 Å². The summed E-state index contributed by atoms with van der Waals surface area (Å²) in [6, 6.07) is 7.11. The molecule has 108 valence electrons. The molecule has 3 N–H and O–H groups in total. The Morgan fingerprint density at radius 3 is 2.90 bits per heavy atom. The van der Waals surface area contributed by atoms with Crippen molar-refractivity contribution in [1.29, 1.82) is 0 Å². The van der Waals surface area contributed by atoms with Gasteiger partial charge in [-0.05, 0) is 18.6 Å². The number of nitrogen functional groups attached to an aromatic ring is 1. The highest BCUT2D eigenvalue weighted by molar-refractivity contribution is 5.79. The Balaban J connectivity index is 1.81. The quantitative estimate of drug-likeness (QED) is 0.779. The lowest BCUT2D eigenvalue weighted by Crippen LogP contribution is -2.38. The summed E-state index contributed by atoms with van der Waals surface area (Å²) in [6.07, 6.45) is 0.777. The molecule has 0 aliphatic carbocycles. The van der Waals surface area contributed by atoms with Gasteiger partial charge in [-0.2, -0.15) is 0 Å². The number of carbonyl (C=O) groups is 2. The summed E-state index contributed by atoms with van der Waals surface area (Å²) in [7, 11) is 0. The second-order valence-corrected chi connectivity index (χ2v) is 4.85. The summed E-state index contributed by atoms with van der Waals surface area (Å²) >= 11 is 0. The summed E-state index contributed by atoms with van der Waals surface area (Å²) in [5.74, 6) is 0.345. The van der Waals surface area contributed by atoms with Gasteiger partial charge in [-0.15, -0.1) is 0 Å². The van der Waals surface area contributed by atoms with E-state index in [1.807, 2.05) is 6.07 Å². The predicted octanol–water partition coefficient (Wildman–Crippen LogP) is 0.385. The first-order valence-electron chi connectivity index (χ1n) is 6.58. The third-order valence-electron chi connectivity index (χ3n) is 3.22. The van der Waals surface area contributed by atoms with Gasteiger partial charge in [0.15, 0.2) is 6.61 Å². The Bertz CT molecular complexity index is 504. The van der Waals surface area contributed by atoms with Crippen molar-refractivity contribution >= 4 is 17.5 Å². The molecule has 1 unspecified atom stereocenters. The van der Waals surface area contributed by atoms with E-state index in [0.717, 1.165) is 6.42 Å². The van der Waals surface area contributed by atoms with Crippen molar-refractivity contribution in [3.63, 3.8) is 0 Å². The number of nitrogens with one attached hydrogen (secondary N) is 1. The lowest BCUT2D eigenvalue weighted by atomic mass is 10.3. The Morgan fingerprint density at radius 2 is 2.20 bits per heavy atom. The highest BCUT2D eigenvalue weighted by Crippen LogP contribution is 2.20. The van der Waals surface area contributed by atoms with Crippen molar-refractivity contribution in [2.24, 2.45) is 0 Å². The van der Waals surface area contributed by atoms with Crippen LogP contribution in [0.15, 0.2) is 24.3 Å². The molecular weight excluding hydrogens is 258 g/mol. The first-order chi connectivity index (χ1) is 9.56. The summed E-state index contributed by atoms with van der Waals surface area (Å²) in [4.78, 5) is 24.7. The van der Waals surface area contributed by atoms with Crippen molar-refractivity contribution in [3.8, 4) is 5.75 Å². The molecule has 6 heteroatoms. The topological polar surface area (TPSA) is 84.7 Å². The van der Waals surface area contributed by atoms with E-state index in [1.54, 1.807) is 23.1 Å². The molecule has 1 aromatic rings. The third kappa shape index (κ3) is 3.63. The summed E-state index contributed by atoms with van der Waals surface area (Å²) in [5.41, 5.74) is 6.25. The van der Waals surface area contributed by atoms with Crippen LogP contribution in [0.25, 0.3) is 0 Å². The predicted molar refractivity (Wildman–Crippen MR) is 75.2 cm³/mol. The zero-order valence-corrected chi connectivity index (χ0v) is 11.5. The van der Waals surface area contributed by atoms with Crippen molar-refractivity contribution < 1.29 is 14.3 Å². The zero-order valence-electron chi connectivity index (χ0n) is 11.5. The molecule has 0 aromatic heterocycles. The van der Waals surface area contributed by atoms with Gasteiger partial charge in [0.2, 0.25) is 5.91 Å². The Kier molecular flexibility index (Phi) is 4.45. The maximum Gasteiger partial charge on any atom is 0.260 e. The van der Waals surface area contributed by atoms with Crippen LogP contribution >= 0.6 is 0 Å². The van der Waals surface area contributed by atoms with Gasteiger partial charge in [-0.3, -0.25) is 9.59 Å². The molecular formula is C14H19N3O3. The standard InChI is InChI=1S/C14H19N3O3/c1-10(18)16-11-6-7-17(8-11)14(19)9-20-13-5-3-2-4-12(13)15/h2-5,11H,6-9,15H2,1H3,(H,16,18). The molecule has 0 radical (unpaired) electrons. The molecule has 0 saturated carbocycles. The van der Waals surface area contributed by atoms with Crippen molar-refractivity contribution in [1.82, 2.24) is 10.2 Å². The SMILES string of the molecule is CC(=O)NC1CCN(C(=O)COc2ccccc2N)C1. The number of nitrogens with zero attached hydrogens (tertiary/aromatic N) is 1. The molecule has 6 nitrogen and oxygen atoms in total. The van der Waals surface area contributed by atoms with Crippen molar-refractivity contribution in [3.05, 3.63) is 24.3 Å². The van der Waals surface area contributed by atoms with Crippen LogP contribution in [0.3, 0.4) is 0 Å². The number of ether oxygens (including phenoxy) is 1. The Hall–Kier alpha value is -2.24. The van der Waals surface area contributed by atoms with Gasteiger partial charge in [0.1, 0.15) is 5.75 Å². The van der Waals surface area contributed by atoms with E-state index in [-0.39, 0.29) is 24.5 Å². The van der Waals surface area contributed by atoms with E-state index in [0.29, 0.717) is 24.5 Å². The monoisotopic (exact) mass is 277 g/mol. The summed E-state index contributed by atoms with van der Waals surface area (Å²) in [5, 5.41) is 2.82. The van der Waals surface area contributed by atoms with Crippen LogP contribution < -0.4 is 15.8 Å². The maximum absolute atomic E-state index is 12.0. The molecule has 0 spiro atoms. The molecule has 1 saturated heterocycles. The fraction of sp³-hybridized carbons (Fsp3) is 0.429. The Morgan fingerprint density at radius 1 is 1.45 bits per heavy atom. The number of carbonyl (C=O) groups excluding carboxylic acids is 2. The number of rotatable bonds is 4. The molecule has 1 heterocycles. The van der Waals surface area contributed by atoms with E-state index in [4.69, 9.17) is 10.5 Å². The van der Waals surface area contributed by atoms with Crippen LogP contribution in [0, 0.1) is 0 Å². The summed E-state index contributed by atoms with van der Waals surface area (Å²) in [6.45, 7) is 2.61. The van der Waals surface area contributed by atoms with Crippen molar-refractivity contribution in [2.45, 2.75) is 19.4 Å². The van der Waals surface area contributed by atoms with Crippen LogP contribution in [0.1, 0.15) is 13.3 Å².